The van der Waals surface area contributed by atoms with Crippen LogP contribution in [0, 0.1) is 6.92 Å². The average molecular weight is 270 g/mol. The van der Waals surface area contributed by atoms with E-state index in [1.54, 1.807) is 0 Å². The molecule has 1 aliphatic carbocycles. The molecule has 3 rings (SSSR count). The maximum absolute atomic E-state index is 4.77. The number of likely N-dealkylation sites (N-methyl/N-ethyl adjacent to an activating group) is 1. The summed E-state index contributed by atoms with van der Waals surface area (Å²) in [7, 11) is 4.16. The van der Waals surface area contributed by atoms with Crippen molar-refractivity contribution in [3.8, 4) is 0 Å². The number of hydrogen-bond donors (Lipinski definition) is 0. The van der Waals surface area contributed by atoms with Crippen LogP contribution in [0.25, 0.3) is 10.2 Å². The topological polar surface area (TPSA) is 16.1 Å². The zero-order valence-electron chi connectivity index (χ0n) is 11.6. The number of aromatic nitrogens is 1. The molecule has 0 saturated carbocycles. The molecule has 0 amide bonds. The standard InChI is InChI=1S/C16H18N2S/c1-11-4-9-14-15(10-11)19-16(17-14)12-5-7-13(8-6-12)18(2)3/h4-5,7-10,12H,6H2,1-3H3. The van der Waals surface area contributed by atoms with E-state index in [4.69, 9.17) is 4.98 Å². The van der Waals surface area contributed by atoms with Crippen LogP contribution in [0.4, 0.5) is 0 Å². The first-order valence-corrected chi connectivity index (χ1v) is 7.38. The van der Waals surface area contributed by atoms with Crippen molar-refractivity contribution < 1.29 is 0 Å². The van der Waals surface area contributed by atoms with Crippen molar-refractivity contribution >= 4 is 21.6 Å². The summed E-state index contributed by atoms with van der Waals surface area (Å²) in [6.07, 6.45) is 7.82. The van der Waals surface area contributed by atoms with Gasteiger partial charge in [0, 0.05) is 25.7 Å². The molecule has 19 heavy (non-hydrogen) atoms. The number of rotatable bonds is 2. The molecule has 0 saturated heterocycles. The maximum Gasteiger partial charge on any atom is 0.101 e. The summed E-state index contributed by atoms with van der Waals surface area (Å²) in [6.45, 7) is 2.13. The van der Waals surface area contributed by atoms with E-state index in [0.29, 0.717) is 5.92 Å². The van der Waals surface area contributed by atoms with Gasteiger partial charge >= 0.3 is 0 Å². The van der Waals surface area contributed by atoms with E-state index in [9.17, 15) is 0 Å². The highest BCUT2D eigenvalue weighted by atomic mass is 32.1. The van der Waals surface area contributed by atoms with Crippen LogP contribution in [-0.4, -0.2) is 24.0 Å². The predicted octanol–water partition coefficient (Wildman–Crippen LogP) is 4.09. The van der Waals surface area contributed by atoms with Gasteiger partial charge < -0.3 is 4.90 Å². The fourth-order valence-corrected chi connectivity index (χ4v) is 3.49. The predicted molar refractivity (Wildman–Crippen MR) is 82.6 cm³/mol. The third kappa shape index (κ3) is 2.43. The number of benzene rings is 1. The van der Waals surface area contributed by atoms with Crippen LogP contribution in [0.15, 0.2) is 42.1 Å². The highest BCUT2D eigenvalue weighted by Crippen LogP contribution is 2.33. The molecule has 1 aromatic carbocycles. The van der Waals surface area contributed by atoms with Crippen LogP contribution in [0.2, 0.25) is 0 Å². The van der Waals surface area contributed by atoms with Gasteiger partial charge in [-0.05, 0) is 37.1 Å². The van der Waals surface area contributed by atoms with Crippen LogP contribution >= 0.6 is 11.3 Å². The molecule has 1 atom stereocenters. The molecule has 0 fully saturated rings. The highest BCUT2D eigenvalue weighted by Gasteiger charge is 2.16. The number of nitrogens with zero attached hydrogens (tertiary/aromatic N) is 2. The molecule has 2 aromatic rings. The Labute approximate surface area is 118 Å². The van der Waals surface area contributed by atoms with E-state index in [1.165, 1.54) is 21.0 Å². The van der Waals surface area contributed by atoms with Crippen LogP contribution < -0.4 is 0 Å². The summed E-state index contributed by atoms with van der Waals surface area (Å²) in [5.41, 5.74) is 3.71. The fraction of sp³-hybridized carbons (Fsp3) is 0.312. The number of fused-ring (bicyclic) bond motifs is 1. The van der Waals surface area contributed by atoms with Gasteiger partial charge in [0.2, 0.25) is 0 Å². The summed E-state index contributed by atoms with van der Waals surface area (Å²) >= 11 is 1.82. The Hall–Kier alpha value is -1.61. The maximum atomic E-state index is 4.77. The molecule has 3 heteroatoms. The van der Waals surface area contributed by atoms with Gasteiger partial charge in [-0.1, -0.05) is 18.2 Å². The molecule has 0 bridgehead atoms. The Kier molecular flexibility index (Phi) is 3.15. The first kappa shape index (κ1) is 12.4. The number of thiazole rings is 1. The van der Waals surface area contributed by atoms with Gasteiger partial charge in [0.25, 0.3) is 0 Å². The van der Waals surface area contributed by atoms with Gasteiger partial charge in [-0.2, -0.15) is 0 Å². The van der Waals surface area contributed by atoms with Gasteiger partial charge in [0.05, 0.1) is 10.2 Å². The van der Waals surface area contributed by atoms with Crippen LogP contribution in [0.3, 0.4) is 0 Å². The molecule has 0 radical (unpaired) electrons. The second-order valence-electron chi connectivity index (χ2n) is 5.25. The van der Waals surface area contributed by atoms with Crippen LogP contribution in [0.1, 0.15) is 22.9 Å². The molecule has 1 aromatic heterocycles. The van der Waals surface area contributed by atoms with Crippen LogP contribution in [-0.2, 0) is 0 Å². The molecule has 98 valence electrons. The smallest absolute Gasteiger partial charge is 0.101 e. The first-order chi connectivity index (χ1) is 9.13. The lowest BCUT2D eigenvalue weighted by atomic mass is 10.00. The minimum Gasteiger partial charge on any atom is -0.378 e. The molecule has 1 heterocycles. The Morgan fingerprint density at radius 2 is 2.16 bits per heavy atom. The lowest BCUT2D eigenvalue weighted by Gasteiger charge is -2.19. The summed E-state index contributed by atoms with van der Waals surface area (Å²) in [6, 6.07) is 6.48. The lowest BCUT2D eigenvalue weighted by Crippen LogP contribution is -2.12. The molecular weight excluding hydrogens is 252 g/mol. The number of allylic oxidation sites excluding steroid dienone is 3. The largest absolute Gasteiger partial charge is 0.378 e. The van der Waals surface area contributed by atoms with E-state index < -0.39 is 0 Å². The van der Waals surface area contributed by atoms with Gasteiger partial charge in [0.1, 0.15) is 5.01 Å². The van der Waals surface area contributed by atoms with Crippen molar-refractivity contribution in [1.29, 1.82) is 0 Å². The third-order valence-electron chi connectivity index (χ3n) is 3.47. The van der Waals surface area contributed by atoms with E-state index >= 15 is 0 Å². The summed E-state index contributed by atoms with van der Waals surface area (Å²) in [4.78, 5) is 6.92. The van der Waals surface area contributed by atoms with Crippen molar-refractivity contribution in [2.24, 2.45) is 0 Å². The Bertz CT molecular complexity index is 664. The molecule has 1 unspecified atom stereocenters. The Morgan fingerprint density at radius 3 is 2.84 bits per heavy atom. The molecule has 0 aliphatic heterocycles. The SMILES string of the molecule is Cc1ccc2nc(C3C=CC(N(C)C)=CC3)sc2c1. The zero-order chi connectivity index (χ0) is 13.4. The monoisotopic (exact) mass is 270 g/mol. The van der Waals surface area contributed by atoms with Crippen molar-refractivity contribution in [3.63, 3.8) is 0 Å². The van der Waals surface area contributed by atoms with E-state index in [-0.39, 0.29) is 0 Å². The summed E-state index contributed by atoms with van der Waals surface area (Å²) in [5.74, 6) is 0.432. The van der Waals surface area contributed by atoms with E-state index in [2.05, 4.69) is 62.3 Å². The fourth-order valence-electron chi connectivity index (χ4n) is 2.33. The Morgan fingerprint density at radius 1 is 1.32 bits per heavy atom. The Balaban J connectivity index is 1.88. The molecular formula is C16H18N2S. The second kappa shape index (κ2) is 4.82. The molecule has 0 spiro atoms. The van der Waals surface area contributed by atoms with Gasteiger partial charge in [-0.3, -0.25) is 0 Å². The first-order valence-electron chi connectivity index (χ1n) is 6.56. The van der Waals surface area contributed by atoms with Crippen molar-refractivity contribution in [3.05, 3.63) is 52.7 Å². The van der Waals surface area contributed by atoms with Gasteiger partial charge in [0.15, 0.2) is 0 Å². The molecule has 1 aliphatic rings. The number of hydrogen-bond acceptors (Lipinski definition) is 3. The zero-order valence-corrected chi connectivity index (χ0v) is 12.4. The lowest BCUT2D eigenvalue weighted by molar-refractivity contribution is 0.521. The average Bonchev–Trinajstić information content (AvgIpc) is 2.81. The highest BCUT2D eigenvalue weighted by molar-refractivity contribution is 7.18. The van der Waals surface area contributed by atoms with E-state index in [1.807, 2.05) is 11.3 Å². The summed E-state index contributed by atoms with van der Waals surface area (Å²) in [5, 5.41) is 1.23. The van der Waals surface area contributed by atoms with Crippen LogP contribution in [0.5, 0.6) is 0 Å². The second-order valence-corrected chi connectivity index (χ2v) is 6.31. The van der Waals surface area contributed by atoms with Gasteiger partial charge in [-0.15, -0.1) is 11.3 Å². The number of aryl methyl sites for hydroxylation is 1. The summed E-state index contributed by atoms with van der Waals surface area (Å²) < 4.78 is 1.30. The van der Waals surface area contributed by atoms with Crippen molar-refractivity contribution in [2.75, 3.05) is 14.1 Å². The van der Waals surface area contributed by atoms with Crippen molar-refractivity contribution in [1.82, 2.24) is 9.88 Å². The van der Waals surface area contributed by atoms with E-state index in [0.717, 1.165) is 11.9 Å². The quantitative estimate of drug-likeness (QED) is 0.817. The normalized spacial score (nSPS) is 18.7. The minimum absolute atomic E-state index is 0.432. The van der Waals surface area contributed by atoms with Gasteiger partial charge in [-0.25, -0.2) is 4.98 Å². The molecule has 2 nitrogen and oxygen atoms in total. The third-order valence-corrected chi connectivity index (χ3v) is 4.62. The molecule has 0 N–H and O–H groups in total. The van der Waals surface area contributed by atoms with Crippen molar-refractivity contribution in [2.45, 2.75) is 19.3 Å². The minimum atomic E-state index is 0.432.